The van der Waals surface area contributed by atoms with Gasteiger partial charge in [-0.05, 0) is 12.3 Å². The average molecular weight is 192 g/mol. The lowest BCUT2D eigenvalue weighted by molar-refractivity contribution is 0.0949. The summed E-state index contributed by atoms with van der Waals surface area (Å²) in [4.78, 5) is 19.1. The molecule has 0 aromatic carbocycles. The lowest BCUT2D eigenvalue weighted by Crippen LogP contribution is -2.27. The summed E-state index contributed by atoms with van der Waals surface area (Å²) in [6, 6.07) is 0.294. The van der Waals surface area contributed by atoms with Gasteiger partial charge < -0.3 is 11.1 Å². The molecule has 1 heterocycles. The first-order valence-electron chi connectivity index (χ1n) is 4.55. The Balaban J connectivity index is 2.07. The summed E-state index contributed by atoms with van der Waals surface area (Å²) < 4.78 is 0. The molecule has 2 unspecified atom stereocenters. The topological polar surface area (TPSA) is 80.9 Å². The molecule has 0 aliphatic heterocycles. The summed E-state index contributed by atoms with van der Waals surface area (Å²) in [7, 11) is 0. The van der Waals surface area contributed by atoms with E-state index in [0.717, 1.165) is 6.42 Å². The number of nitrogens with two attached hydrogens (primary N) is 1. The summed E-state index contributed by atoms with van der Waals surface area (Å²) in [5.74, 6) is 0.619. The van der Waals surface area contributed by atoms with Crippen molar-refractivity contribution in [2.45, 2.75) is 19.4 Å². The van der Waals surface area contributed by atoms with Crippen LogP contribution in [-0.2, 0) is 0 Å². The number of aromatic nitrogens is 2. The molecule has 2 atom stereocenters. The Labute approximate surface area is 81.7 Å². The fourth-order valence-corrected chi connectivity index (χ4v) is 1.28. The maximum absolute atomic E-state index is 11.6. The van der Waals surface area contributed by atoms with Gasteiger partial charge in [-0.25, -0.2) is 9.97 Å². The van der Waals surface area contributed by atoms with Crippen molar-refractivity contribution in [2.75, 3.05) is 5.73 Å². The molecule has 1 aliphatic carbocycles. The summed E-state index contributed by atoms with van der Waals surface area (Å²) in [6.07, 6.45) is 3.80. The molecule has 0 saturated heterocycles. The number of rotatable bonds is 2. The molecule has 0 bridgehead atoms. The molecule has 1 saturated carbocycles. The van der Waals surface area contributed by atoms with Crippen LogP contribution in [0, 0.1) is 5.92 Å². The highest BCUT2D eigenvalue weighted by Crippen LogP contribution is 2.29. The molecule has 5 nitrogen and oxygen atoms in total. The molecule has 14 heavy (non-hydrogen) atoms. The van der Waals surface area contributed by atoms with E-state index in [9.17, 15) is 4.79 Å². The third-order valence-electron chi connectivity index (χ3n) is 2.41. The van der Waals surface area contributed by atoms with Crippen LogP contribution in [-0.4, -0.2) is 21.9 Å². The van der Waals surface area contributed by atoms with Crippen LogP contribution in [0.4, 0.5) is 5.82 Å². The maximum Gasteiger partial charge on any atom is 0.256 e. The first kappa shape index (κ1) is 8.93. The van der Waals surface area contributed by atoms with E-state index in [2.05, 4.69) is 22.2 Å². The minimum Gasteiger partial charge on any atom is -0.383 e. The highest BCUT2D eigenvalue weighted by molar-refractivity contribution is 5.98. The molecular weight excluding hydrogens is 180 g/mol. The SMILES string of the molecule is CC1CC1NC(=O)c1cncnc1N. The van der Waals surface area contributed by atoms with Crippen molar-refractivity contribution >= 4 is 11.7 Å². The minimum absolute atomic E-state index is 0.183. The van der Waals surface area contributed by atoms with Crippen LogP contribution in [0.1, 0.15) is 23.7 Å². The maximum atomic E-state index is 11.6. The molecule has 0 radical (unpaired) electrons. The number of nitrogens with one attached hydrogen (secondary N) is 1. The van der Waals surface area contributed by atoms with E-state index >= 15 is 0 Å². The van der Waals surface area contributed by atoms with E-state index < -0.39 is 0 Å². The van der Waals surface area contributed by atoms with Crippen LogP contribution in [0.3, 0.4) is 0 Å². The summed E-state index contributed by atoms with van der Waals surface area (Å²) in [6.45, 7) is 2.09. The van der Waals surface area contributed by atoms with Crippen molar-refractivity contribution in [1.29, 1.82) is 0 Å². The Morgan fingerprint density at radius 2 is 2.43 bits per heavy atom. The number of amides is 1. The van der Waals surface area contributed by atoms with Gasteiger partial charge in [-0.2, -0.15) is 0 Å². The van der Waals surface area contributed by atoms with Crippen LogP contribution in [0.15, 0.2) is 12.5 Å². The molecule has 1 aromatic rings. The van der Waals surface area contributed by atoms with Gasteiger partial charge in [-0.3, -0.25) is 4.79 Å². The predicted octanol–water partition coefficient (Wildman–Crippen LogP) is 0.197. The van der Waals surface area contributed by atoms with Crippen LogP contribution >= 0.6 is 0 Å². The Bertz CT molecular complexity index is 366. The molecule has 1 aliphatic rings. The largest absolute Gasteiger partial charge is 0.383 e. The van der Waals surface area contributed by atoms with E-state index in [0.29, 0.717) is 17.5 Å². The lowest BCUT2D eigenvalue weighted by Gasteiger charge is -2.04. The molecule has 1 fully saturated rings. The number of nitrogen functional groups attached to an aromatic ring is 1. The zero-order chi connectivity index (χ0) is 10.1. The van der Waals surface area contributed by atoms with E-state index in [1.54, 1.807) is 0 Å². The minimum atomic E-state index is -0.183. The van der Waals surface area contributed by atoms with Gasteiger partial charge in [0.05, 0.1) is 5.56 Å². The zero-order valence-electron chi connectivity index (χ0n) is 7.90. The number of anilines is 1. The summed E-state index contributed by atoms with van der Waals surface area (Å²) in [5, 5.41) is 2.86. The molecule has 2 rings (SSSR count). The molecule has 5 heteroatoms. The Hall–Kier alpha value is -1.65. The van der Waals surface area contributed by atoms with E-state index in [1.807, 2.05) is 0 Å². The quantitative estimate of drug-likeness (QED) is 0.701. The fourth-order valence-electron chi connectivity index (χ4n) is 1.28. The number of carbonyl (C=O) groups is 1. The van der Waals surface area contributed by atoms with Crippen molar-refractivity contribution < 1.29 is 4.79 Å². The second kappa shape index (κ2) is 3.25. The van der Waals surface area contributed by atoms with Crippen LogP contribution in [0.2, 0.25) is 0 Å². The molecule has 1 aromatic heterocycles. The van der Waals surface area contributed by atoms with Gasteiger partial charge >= 0.3 is 0 Å². The zero-order valence-corrected chi connectivity index (χ0v) is 7.90. The Kier molecular flexibility index (Phi) is 2.07. The summed E-state index contributed by atoms with van der Waals surface area (Å²) in [5.41, 5.74) is 5.89. The molecule has 3 N–H and O–H groups in total. The molecule has 1 amide bonds. The van der Waals surface area contributed by atoms with Crippen LogP contribution in [0.25, 0.3) is 0 Å². The normalized spacial score (nSPS) is 24.4. The van der Waals surface area contributed by atoms with E-state index in [4.69, 9.17) is 5.73 Å². The first-order chi connectivity index (χ1) is 6.68. The van der Waals surface area contributed by atoms with Gasteiger partial charge in [0, 0.05) is 12.2 Å². The Morgan fingerprint density at radius 3 is 3.00 bits per heavy atom. The van der Waals surface area contributed by atoms with Crippen LogP contribution < -0.4 is 11.1 Å². The lowest BCUT2D eigenvalue weighted by atomic mass is 10.3. The highest BCUT2D eigenvalue weighted by atomic mass is 16.1. The second-order valence-electron chi connectivity index (χ2n) is 3.61. The summed E-state index contributed by atoms with van der Waals surface area (Å²) >= 11 is 0. The van der Waals surface area contributed by atoms with Crippen molar-refractivity contribution in [1.82, 2.24) is 15.3 Å². The van der Waals surface area contributed by atoms with Crippen molar-refractivity contribution in [2.24, 2.45) is 5.92 Å². The van der Waals surface area contributed by atoms with Gasteiger partial charge in [0.25, 0.3) is 5.91 Å². The van der Waals surface area contributed by atoms with Crippen molar-refractivity contribution in [3.8, 4) is 0 Å². The van der Waals surface area contributed by atoms with Gasteiger partial charge in [0.2, 0.25) is 0 Å². The predicted molar refractivity (Wildman–Crippen MR) is 51.5 cm³/mol. The molecule has 74 valence electrons. The van der Waals surface area contributed by atoms with Crippen molar-refractivity contribution in [3.05, 3.63) is 18.1 Å². The smallest absolute Gasteiger partial charge is 0.256 e. The second-order valence-corrected chi connectivity index (χ2v) is 3.61. The number of hydrogen-bond acceptors (Lipinski definition) is 4. The van der Waals surface area contributed by atoms with Gasteiger partial charge in [-0.15, -0.1) is 0 Å². The number of nitrogens with zero attached hydrogens (tertiary/aromatic N) is 2. The van der Waals surface area contributed by atoms with E-state index in [1.165, 1.54) is 12.5 Å². The third kappa shape index (κ3) is 1.66. The van der Waals surface area contributed by atoms with Gasteiger partial charge in [-0.1, -0.05) is 6.92 Å². The van der Waals surface area contributed by atoms with Gasteiger partial charge in [0.15, 0.2) is 0 Å². The van der Waals surface area contributed by atoms with Crippen LogP contribution in [0.5, 0.6) is 0 Å². The number of carbonyl (C=O) groups excluding carboxylic acids is 1. The third-order valence-corrected chi connectivity index (χ3v) is 2.41. The highest BCUT2D eigenvalue weighted by Gasteiger charge is 2.34. The fraction of sp³-hybridized carbons (Fsp3) is 0.444. The van der Waals surface area contributed by atoms with E-state index in [-0.39, 0.29) is 11.7 Å². The number of hydrogen-bond donors (Lipinski definition) is 2. The standard InChI is InChI=1S/C9H12N4O/c1-5-2-7(5)13-9(14)6-3-11-4-12-8(6)10/h3-5,7H,2H2,1H3,(H,13,14)(H2,10,11,12). The van der Waals surface area contributed by atoms with Gasteiger partial charge in [0.1, 0.15) is 12.1 Å². The first-order valence-corrected chi connectivity index (χ1v) is 4.55. The Morgan fingerprint density at radius 1 is 1.71 bits per heavy atom. The molecule has 0 spiro atoms. The monoisotopic (exact) mass is 192 g/mol. The average Bonchev–Trinajstić information content (AvgIpc) is 2.82. The molecular formula is C9H12N4O. The van der Waals surface area contributed by atoms with Crippen molar-refractivity contribution in [3.63, 3.8) is 0 Å².